The minimum absolute atomic E-state index is 0.116. The average molecular weight is 376 g/mol. The van der Waals surface area contributed by atoms with Gasteiger partial charge in [-0.05, 0) is 49.0 Å². The smallest absolute Gasteiger partial charge is 0.255 e. The molecule has 128 valence electrons. The van der Waals surface area contributed by atoms with Crippen molar-refractivity contribution in [3.05, 3.63) is 76.2 Å². The van der Waals surface area contributed by atoms with Crippen LogP contribution < -0.4 is 16.0 Å². The van der Waals surface area contributed by atoms with Gasteiger partial charge >= 0.3 is 0 Å². The molecular formula is C18H15ClFN3OS. The molecule has 4 nitrogen and oxygen atoms in total. The summed E-state index contributed by atoms with van der Waals surface area (Å²) in [4.78, 5) is 12.8. The molecule has 1 aliphatic heterocycles. The third kappa shape index (κ3) is 3.81. The van der Waals surface area contributed by atoms with Gasteiger partial charge in [0.2, 0.25) is 0 Å². The van der Waals surface area contributed by atoms with Crippen molar-refractivity contribution in [2.45, 2.75) is 13.0 Å². The highest BCUT2D eigenvalue weighted by molar-refractivity contribution is 7.80. The lowest BCUT2D eigenvalue weighted by Gasteiger charge is -2.30. The second kappa shape index (κ2) is 7.21. The first-order valence-electron chi connectivity index (χ1n) is 7.55. The summed E-state index contributed by atoms with van der Waals surface area (Å²) in [6.07, 6.45) is 0. The molecule has 1 heterocycles. The maximum atomic E-state index is 13.8. The molecule has 25 heavy (non-hydrogen) atoms. The molecule has 0 fully saturated rings. The molecule has 0 spiro atoms. The molecule has 2 aromatic rings. The van der Waals surface area contributed by atoms with Crippen LogP contribution in [0.1, 0.15) is 18.5 Å². The molecule has 0 bridgehead atoms. The zero-order valence-electron chi connectivity index (χ0n) is 13.3. The van der Waals surface area contributed by atoms with Crippen LogP contribution in [0, 0.1) is 5.82 Å². The van der Waals surface area contributed by atoms with Crippen molar-refractivity contribution in [2.75, 3.05) is 5.32 Å². The predicted octanol–water partition coefficient (Wildman–Crippen LogP) is 3.91. The van der Waals surface area contributed by atoms with Crippen molar-refractivity contribution in [3.63, 3.8) is 0 Å². The van der Waals surface area contributed by atoms with E-state index in [0.717, 1.165) is 5.56 Å². The normalized spacial score (nSPS) is 16.9. The molecule has 0 aromatic heterocycles. The highest BCUT2D eigenvalue weighted by Gasteiger charge is 2.30. The number of carbonyl (C=O) groups excluding carboxylic acids is 1. The van der Waals surface area contributed by atoms with Crippen molar-refractivity contribution in [3.8, 4) is 0 Å². The first-order chi connectivity index (χ1) is 12.0. The van der Waals surface area contributed by atoms with Gasteiger partial charge < -0.3 is 16.0 Å². The standard InChI is InChI=1S/C18H15ClFN3OS/c1-10-15(17(24)22-14-8-3-2-7-13(14)20)16(23-18(25)21-10)11-5-4-6-12(19)9-11/h2-9,16H,1H3,(H,22,24)(H2,21,23,25)/t16-/m0/s1. The largest absolute Gasteiger partial charge is 0.351 e. The number of para-hydroxylation sites is 1. The van der Waals surface area contributed by atoms with Gasteiger partial charge in [0.25, 0.3) is 5.91 Å². The van der Waals surface area contributed by atoms with E-state index in [1.807, 2.05) is 6.07 Å². The van der Waals surface area contributed by atoms with Gasteiger partial charge in [-0.3, -0.25) is 4.79 Å². The summed E-state index contributed by atoms with van der Waals surface area (Å²) in [7, 11) is 0. The minimum atomic E-state index is -0.499. The molecule has 0 aliphatic carbocycles. The molecule has 0 unspecified atom stereocenters. The zero-order chi connectivity index (χ0) is 18.0. The maximum Gasteiger partial charge on any atom is 0.255 e. The van der Waals surface area contributed by atoms with E-state index < -0.39 is 17.8 Å². The summed E-state index contributed by atoms with van der Waals surface area (Å²) >= 11 is 11.3. The average Bonchev–Trinajstić information content (AvgIpc) is 2.56. The van der Waals surface area contributed by atoms with Crippen LogP contribution >= 0.6 is 23.8 Å². The number of benzene rings is 2. The topological polar surface area (TPSA) is 53.2 Å². The Balaban J connectivity index is 1.97. The summed E-state index contributed by atoms with van der Waals surface area (Å²) in [6, 6.07) is 12.7. The Hall–Kier alpha value is -2.44. The van der Waals surface area contributed by atoms with E-state index in [2.05, 4.69) is 16.0 Å². The number of allylic oxidation sites excluding steroid dienone is 1. The van der Waals surface area contributed by atoms with Crippen molar-refractivity contribution in [2.24, 2.45) is 0 Å². The fourth-order valence-corrected chi connectivity index (χ4v) is 3.15. The molecule has 2 aromatic carbocycles. The Kier molecular flexibility index (Phi) is 5.01. The van der Waals surface area contributed by atoms with Gasteiger partial charge in [-0.2, -0.15) is 0 Å². The Morgan fingerprint density at radius 2 is 2.00 bits per heavy atom. The number of anilines is 1. The maximum absolute atomic E-state index is 13.8. The van der Waals surface area contributed by atoms with Crippen LogP contribution in [0.3, 0.4) is 0 Å². The monoisotopic (exact) mass is 375 g/mol. The molecule has 7 heteroatoms. The highest BCUT2D eigenvalue weighted by Crippen LogP contribution is 2.29. The van der Waals surface area contributed by atoms with Crippen LogP contribution in [-0.4, -0.2) is 11.0 Å². The molecular weight excluding hydrogens is 361 g/mol. The van der Waals surface area contributed by atoms with Crippen LogP contribution in [-0.2, 0) is 4.79 Å². The Labute approximate surface area is 155 Å². The summed E-state index contributed by atoms with van der Waals surface area (Å²) in [5, 5.41) is 9.58. The minimum Gasteiger partial charge on any atom is -0.351 e. The Bertz CT molecular complexity index is 884. The fourth-order valence-electron chi connectivity index (χ4n) is 2.68. The lowest BCUT2D eigenvalue weighted by molar-refractivity contribution is -0.113. The second-order valence-corrected chi connectivity index (χ2v) is 6.40. The molecule has 0 radical (unpaired) electrons. The fraction of sp³-hybridized carbons (Fsp3) is 0.111. The van der Waals surface area contributed by atoms with Crippen molar-refractivity contribution >= 4 is 40.5 Å². The highest BCUT2D eigenvalue weighted by atomic mass is 35.5. The summed E-state index contributed by atoms with van der Waals surface area (Å²) in [5.74, 6) is -0.921. The van der Waals surface area contributed by atoms with E-state index in [-0.39, 0.29) is 5.69 Å². The van der Waals surface area contributed by atoms with Crippen LogP contribution in [0.4, 0.5) is 10.1 Å². The van der Waals surface area contributed by atoms with Gasteiger partial charge in [-0.15, -0.1) is 0 Å². The van der Waals surface area contributed by atoms with Gasteiger partial charge in [-0.25, -0.2) is 4.39 Å². The van der Waals surface area contributed by atoms with Gasteiger partial charge in [0.15, 0.2) is 5.11 Å². The third-order valence-corrected chi connectivity index (χ3v) is 4.27. The summed E-state index contributed by atoms with van der Waals surface area (Å²) in [6.45, 7) is 1.75. The number of amides is 1. The Morgan fingerprint density at radius 1 is 1.24 bits per heavy atom. The molecule has 1 aliphatic rings. The molecule has 3 rings (SSSR count). The number of carbonyl (C=O) groups is 1. The molecule has 1 atom stereocenters. The number of thiocarbonyl (C=S) groups is 1. The quantitative estimate of drug-likeness (QED) is 0.712. The number of hydrogen-bond acceptors (Lipinski definition) is 2. The first kappa shape index (κ1) is 17.4. The lowest BCUT2D eigenvalue weighted by Crippen LogP contribution is -2.45. The summed E-state index contributed by atoms with van der Waals surface area (Å²) < 4.78 is 13.8. The zero-order valence-corrected chi connectivity index (χ0v) is 14.8. The van der Waals surface area contributed by atoms with Gasteiger partial charge in [0.05, 0.1) is 17.3 Å². The van der Waals surface area contributed by atoms with E-state index in [0.29, 0.717) is 21.4 Å². The molecule has 0 saturated heterocycles. The first-order valence-corrected chi connectivity index (χ1v) is 8.34. The van der Waals surface area contributed by atoms with Crippen LogP contribution in [0.15, 0.2) is 59.8 Å². The SMILES string of the molecule is CC1=C(C(=O)Nc2ccccc2F)[C@H](c2cccc(Cl)c2)NC(=S)N1. The van der Waals surface area contributed by atoms with Gasteiger partial charge in [-0.1, -0.05) is 35.9 Å². The number of nitrogens with one attached hydrogen (secondary N) is 3. The number of halogens is 2. The van der Waals surface area contributed by atoms with E-state index in [9.17, 15) is 9.18 Å². The summed E-state index contributed by atoms with van der Waals surface area (Å²) in [5.41, 5.74) is 1.92. The molecule has 1 amide bonds. The van der Waals surface area contributed by atoms with Crippen LogP contribution in [0.5, 0.6) is 0 Å². The predicted molar refractivity (Wildman–Crippen MR) is 101 cm³/mol. The Morgan fingerprint density at radius 3 is 2.72 bits per heavy atom. The van der Waals surface area contributed by atoms with Crippen LogP contribution in [0.2, 0.25) is 5.02 Å². The van der Waals surface area contributed by atoms with E-state index in [4.69, 9.17) is 23.8 Å². The molecule has 3 N–H and O–H groups in total. The number of rotatable bonds is 3. The third-order valence-electron chi connectivity index (χ3n) is 3.82. The van der Waals surface area contributed by atoms with Crippen molar-refractivity contribution in [1.82, 2.24) is 10.6 Å². The second-order valence-electron chi connectivity index (χ2n) is 5.56. The number of hydrogen-bond donors (Lipinski definition) is 3. The van der Waals surface area contributed by atoms with Crippen LogP contribution in [0.25, 0.3) is 0 Å². The van der Waals surface area contributed by atoms with Crippen molar-refractivity contribution in [1.29, 1.82) is 0 Å². The van der Waals surface area contributed by atoms with Gasteiger partial charge in [0.1, 0.15) is 5.82 Å². The van der Waals surface area contributed by atoms with E-state index >= 15 is 0 Å². The van der Waals surface area contributed by atoms with Crippen molar-refractivity contribution < 1.29 is 9.18 Å². The molecule has 0 saturated carbocycles. The van der Waals surface area contributed by atoms with Gasteiger partial charge in [0, 0.05) is 10.7 Å². The van der Waals surface area contributed by atoms with E-state index in [1.165, 1.54) is 12.1 Å². The lowest BCUT2D eigenvalue weighted by atomic mass is 9.95. The van der Waals surface area contributed by atoms with E-state index in [1.54, 1.807) is 37.3 Å².